The Balaban J connectivity index is 1.31. The lowest BCUT2D eigenvalue weighted by molar-refractivity contribution is -0.113. The van der Waals surface area contributed by atoms with Crippen LogP contribution < -0.4 is 15.1 Å². The van der Waals surface area contributed by atoms with Gasteiger partial charge in [0.15, 0.2) is 0 Å². The number of carbonyl (C=O) groups excluding carboxylic acids is 1. The molecule has 0 spiro atoms. The van der Waals surface area contributed by atoms with Crippen LogP contribution in [0.5, 0.6) is 0 Å². The van der Waals surface area contributed by atoms with Crippen molar-refractivity contribution >= 4 is 34.9 Å². The van der Waals surface area contributed by atoms with Gasteiger partial charge in [-0.15, -0.1) is 0 Å². The Hall–Kier alpha value is -3.06. The number of carbonyl (C=O) groups is 1. The Morgan fingerprint density at radius 1 is 0.968 bits per heavy atom. The van der Waals surface area contributed by atoms with Crippen LogP contribution in [0.4, 0.5) is 17.2 Å². The molecule has 0 saturated carbocycles. The number of anilines is 3. The van der Waals surface area contributed by atoms with E-state index in [2.05, 4.69) is 55.4 Å². The molecule has 160 valence electrons. The number of rotatable bonds is 6. The smallest absolute Gasteiger partial charge is 0.234 e. The zero-order valence-electron chi connectivity index (χ0n) is 17.9. The molecule has 1 aliphatic heterocycles. The third kappa shape index (κ3) is 5.55. The highest BCUT2D eigenvalue weighted by atomic mass is 32.2. The van der Waals surface area contributed by atoms with Gasteiger partial charge in [-0.3, -0.25) is 4.79 Å². The summed E-state index contributed by atoms with van der Waals surface area (Å²) < 4.78 is 0. The molecule has 6 nitrogen and oxygen atoms in total. The fourth-order valence-electron chi connectivity index (χ4n) is 3.69. The summed E-state index contributed by atoms with van der Waals surface area (Å²) >= 11 is 1.43. The second-order valence-corrected chi connectivity index (χ2v) is 8.67. The van der Waals surface area contributed by atoms with Crippen LogP contribution in [0.2, 0.25) is 0 Å². The maximum absolute atomic E-state index is 12.4. The molecule has 1 fully saturated rings. The molecule has 0 bridgehead atoms. The highest BCUT2D eigenvalue weighted by molar-refractivity contribution is 7.99. The van der Waals surface area contributed by atoms with E-state index in [0.717, 1.165) is 48.3 Å². The Labute approximate surface area is 187 Å². The lowest BCUT2D eigenvalue weighted by atomic mass is 10.1. The highest BCUT2D eigenvalue weighted by Gasteiger charge is 2.19. The maximum atomic E-state index is 12.4. The van der Waals surface area contributed by atoms with Gasteiger partial charge in [-0.05, 0) is 37.6 Å². The first-order chi connectivity index (χ1) is 15.1. The molecule has 1 amide bonds. The average molecular weight is 434 g/mol. The fraction of sp³-hybridized carbons (Fsp3) is 0.292. The van der Waals surface area contributed by atoms with E-state index in [-0.39, 0.29) is 5.91 Å². The van der Waals surface area contributed by atoms with Crippen LogP contribution in [0.25, 0.3) is 0 Å². The fourth-order valence-corrected chi connectivity index (χ4v) is 4.36. The molecule has 2 heterocycles. The Morgan fingerprint density at radius 3 is 2.45 bits per heavy atom. The van der Waals surface area contributed by atoms with Crippen LogP contribution in [0, 0.1) is 13.8 Å². The molecule has 2 aromatic carbocycles. The third-order valence-corrected chi connectivity index (χ3v) is 6.29. The monoisotopic (exact) mass is 433 g/mol. The van der Waals surface area contributed by atoms with Gasteiger partial charge in [0.05, 0.1) is 5.75 Å². The van der Waals surface area contributed by atoms with Crippen molar-refractivity contribution in [3.8, 4) is 0 Å². The predicted octanol–water partition coefficient (Wildman–Crippen LogP) is 4.15. The standard InChI is InChI=1S/C24H27N5OS/c1-18-8-9-21(19(2)14-18)27-23(30)16-31-24-15-22(25-17-26-24)29-12-10-28(11-13-29)20-6-4-3-5-7-20/h3-9,14-15,17H,10-13,16H2,1-2H3,(H,27,30). The molecule has 0 atom stereocenters. The summed E-state index contributed by atoms with van der Waals surface area (Å²) in [6, 6.07) is 18.5. The molecule has 4 rings (SSSR count). The number of nitrogens with zero attached hydrogens (tertiary/aromatic N) is 4. The number of aryl methyl sites for hydroxylation is 2. The topological polar surface area (TPSA) is 61.4 Å². The highest BCUT2D eigenvalue weighted by Crippen LogP contribution is 2.23. The number of hydrogen-bond acceptors (Lipinski definition) is 6. The van der Waals surface area contributed by atoms with Crippen LogP contribution >= 0.6 is 11.8 Å². The van der Waals surface area contributed by atoms with E-state index in [1.807, 2.05) is 38.1 Å². The second-order valence-electron chi connectivity index (χ2n) is 7.68. The number of benzene rings is 2. The van der Waals surface area contributed by atoms with Crippen molar-refractivity contribution < 1.29 is 4.79 Å². The summed E-state index contributed by atoms with van der Waals surface area (Å²) in [5.41, 5.74) is 4.37. The van der Waals surface area contributed by atoms with Crippen LogP contribution in [0.15, 0.2) is 66.0 Å². The first kappa shape index (κ1) is 21.2. The number of piperazine rings is 1. The van der Waals surface area contributed by atoms with Crippen LogP contribution in [-0.2, 0) is 4.79 Å². The quantitative estimate of drug-likeness (QED) is 0.465. The number of amides is 1. The zero-order chi connectivity index (χ0) is 21.6. The minimum absolute atomic E-state index is 0.0337. The molecule has 0 aliphatic carbocycles. The molecular weight excluding hydrogens is 406 g/mol. The van der Waals surface area contributed by atoms with Gasteiger partial charge in [0, 0.05) is 43.6 Å². The van der Waals surface area contributed by atoms with Gasteiger partial charge in [-0.1, -0.05) is 47.7 Å². The third-order valence-electron chi connectivity index (χ3n) is 5.36. The summed E-state index contributed by atoms with van der Waals surface area (Å²) in [6.07, 6.45) is 1.59. The van der Waals surface area contributed by atoms with Crippen LogP contribution in [0.3, 0.4) is 0 Å². The van der Waals surface area contributed by atoms with Crippen molar-refractivity contribution in [2.24, 2.45) is 0 Å². The molecule has 31 heavy (non-hydrogen) atoms. The minimum Gasteiger partial charge on any atom is -0.368 e. The minimum atomic E-state index is -0.0337. The number of aromatic nitrogens is 2. The SMILES string of the molecule is Cc1ccc(NC(=O)CSc2cc(N3CCN(c4ccccc4)CC3)ncn2)c(C)c1. The van der Waals surface area contributed by atoms with Gasteiger partial charge in [0.1, 0.15) is 17.2 Å². The van der Waals surface area contributed by atoms with Crippen molar-refractivity contribution in [2.75, 3.05) is 47.0 Å². The number of thioether (sulfide) groups is 1. The van der Waals surface area contributed by atoms with Crippen LogP contribution in [-0.4, -0.2) is 47.8 Å². The summed E-state index contributed by atoms with van der Waals surface area (Å²) in [5, 5.41) is 3.80. The lowest BCUT2D eigenvalue weighted by Crippen LogP contribution is -2.46. The van der Waals surface area contributed by atoms with E-state index in [4.69, 9.17) is 0 Å². The van der Waals surface area contributed by atoms with Crippen molar-refractivity contribution in [3.05, 3.63) is 72.1 Å². The van der Waals surface area contributed by atoms with E-state index >= 15 is 0 Å². The average Bonchev–Trinajstić information content (AvgIpc) is 2.80. The second kappa shape index (κ2) is 9.83. The first-order valence-corrected chi connectivity index (χ1v) is 11.4. The number of hydrogen-bond donors (Lipinski definition) is 1. The van der Waals surface area contributed by atoms with E-state index in [0.29, 0.717) is 5.75 Å². The van der Waals surface area contributed by atoms with Gasteiger partial charge >= 0.3 is 0 Å². The number of nitrogens with one attached hydrogen (secondary N) is 1. The number of para-hydroxylation sites is 1. The summed E-state index contributed by atoms with van der Waals surface area (Å²) in [6.45, 7) is 7.77. The van der Waals surface area contributed by atoms with E-state index in [1.165, 1.54) is 23.0 Å². The van der Waals surface area contributed by atoms with Gasteiger partial charge in [0.2, 0.25) is 5.91 Å². The first-order valence-electron chi connectivity index (χ1n) is 10.5. The molecule has 0 radical (unpaired) electrons. The summed E-state index contributed by atoms with van der Waals surface area (Å²) in [5.74, 6) is 1.19. The lowest BCUT2D eigenvalue weighted by Gasteiger charge is -2.36. The summed E-state index contributed by atoms with van der Waals surface area (Å²) in [7, 11) is 0. The maximum Gasteiger partial charge on any atom is 0.234 e. The molecule has 1 N–H and O–H groups in total. The largest absolute Gasteiger partial charge is 0.368 e. The molecule has 1 saturated heterocycles. The van der Waals surface area contributed by atoms with Crippen molar-refractivity contribution in [1.29, 1.82) is 0 Å². The molecule has 3 aromatic rings. The summed E-state index contributed by atoms with van der Waals surface area (Å²) in [4.78, 5) is 25.9. The molecular formula is C24H27N5OS. The van der Waals surface area contributed by atoms with Gasteiger partial charge in [-0.25, -0.2) is 9.97 Å². The van der Waals surface area contributed by atoms with E-state index < -0.39 is 0 Å². The molecule has 1 aromatic heterocycles. The van der Waals surface area contributed by atoms with Crippen LogP contribution in [0.1, 0.15) is 11.1 Å². The Kier molecular flexibility index (Phi) is 6.72. The Bertz CT molecular complexity index is 1040. The molecule has 0 unspecified atom stereocenters. The van der Waals surface area contributed by atoms with Gasteiger partial charge in [0.25, 0.3) is 0 Å². The predicted molar refractivity (Wildman–Crippen MR) is 128 cm³/mol. The Morgan fingerprint density at radius 2 is 1.71 bits per heavy atom. The zero-order valence-corrected chi connectivity index (χ0v) is 18.7. The van der Waals surface area contributed by atoms with Crippen molar-refractivity contribution in [3.63, 3.8) is 0 Å². The van der Waals surface area contributed by atoms with E-state index in [1.54, 1.807) is 6.33 Å². The van der Waals surface area contributed by atoms with Crippen molar-refractivity contribution in [2.45, 2.75) is 18.9 Å². The normalized spacial score (nSPS) is 13.9. The molecule has 1 aliphatic rings. The molecule has 7 heteroatoms. The van der Waals surface area contributed by atoms with Gasteiger partial charge < -0.3 is 15.1 Å². The van der Waals surface area contributed by atoms with E-state index in [9.17, 15) is 4.79 Å². The van der Waals surface area contributed by atoms with Gasteiger partial charge in [-0.2, -0.15) is 0 Å². The van der Waals surface area contributed by atoms with Crippen molar-refractivity contribution in [1.82, 2.24) is 9.97 Å².